The van der Waals surface area contributed by atoms with Gasteiger partial charge in [-0.2, -0.15) is 12.6 Å². The monoisotopic (exact) mass is 398 g/mol. The second-order valence-corrected chi connectivity index (χ2v) is 7.78. The van der Waals surface area contributed by atoms with Crippen molar-refractivity contribution in [3.05, 3.63) is 65.7 Å². The van der Waals surface area contributed by atoms with Gasteiger partial charge in [-0.15, -0.1) is 0 Å². The molecule has 0 spiro atoms. The first-order valence-corrected chi connectivity index (χ1v) is 11.4. The minimum atomic E-state index is 0.0386. The maximum absolute atomic E-state index is 12.5. The van der Waals surface area contributed by atoms with Gasteiger partial charge in [-0.1, -0.05) is 93.8 Å². The summed E-state index contributed by atoms with van der Waals surface area (Å²) in [7, 11) is 0. The van der Waals surface area contributed by atoms with Gasteiger partial charge in [0.1, 0.15) is 5.75 Å². The molecule has 2 rings (SSSR count). The Bertz CT molecular complexity index is 669. The van der Waals surface area contributed by atoms with Crippen LogP contribution in [0.4, 0.5) is 0 Å². The molecule has 0 aliphatic rings. The van der Waals surface area contributed by atoms with E-state index in [1.807, 2.05) is 54.6 Å². The van der Waals surface area contributed by atoms with Crippen LogP contribution in [0.1, 0.15) is 80.1 Å². The molecule has 2 aromatic carbocycles. The standard InChI is InChI=1S/C25H34O2S/c26-25(22-15-10-9-11-16-22)23-17-14-18-24(21-23)27-19-12-7-5-3-1-2-4-6-8-13-20-28/h9-11,14-18,21,28H,1-8,12-13,19-20H2. The second kappa shape index (κ2) is 14.3. The summed E-state index contributed by atoms with van der Waals surface area (Å²) in [5.41, 5.74) is 1.39. The molecule has 0 heterocycles. The average Bonchev–Trinajstić information content (AvgIpc) is 2.75. The van der Waals surface area contributed by atoms with Gasteiger partial charge in [0, 0.05) is 11.1 Å². The van der Waals surface area contributed by atoms with Crippen molar-refractivity contribution in [1.29, 1.82) is 0 Å². The van der Waals surface area contributed by atoms with Crippen LogP contribution in [0, 0.1) is 0 Å². The highest BCUT2D eigenvalue weighted by Crippen LogP contribution is 2.17. The van der Waals surface area contributed by atoms with Gasteiger partial charge in [0.05, 0.1) is 6.61 Å². The first-order valence-electron chi connectivity index (χ1n) is 10.7. The number of hydrogen-bond acceptors (Lipinski definition) is 3. The Balaban J connectivity index is 1.57. The van der Waals surface area contributed by atoms with Gasteiger partial charge >= 0.3 is 0 Å². The van der Waals surface area contributed by atoms with E-state index in [2.05, 4.69) is 12.6 Å². The molecule has 2 nitrogen and oxygen atoms in total. The van der Waals surface area contributed by atoms with E-state index in [1.165, 1.54) is 57.8 Å². The predicted molar refractivity (Wildman–Crippen MR) is 122 cm³/mol. The molecule has 2 aromatic rings. The molecule has 0 N–H and O–H groups in total. The van der Waals surface area contributed by atoms with E-state index in [4.69, 9.17) is 4.74 Å². The quantitative estimate of drug-likeness (QED) is 0.196. The summed E-state index contributed by atoms with van der Waals surface area (Å²) in [6.45, 7) is 0.715. The molecule has 0 saturated carbocycles. The Morgan fingerprint density at radius 2 is 1.25 bits per heavy atom. The largest absolute Gasteiger partial charge is 0.494 e. The van der Waals surface area contributed by atoms with E-state index in [-0.39, 0.29) is 5.78 Å². The minimum Gasteiger partial charge on any atom is -0.494 e. The highest BCUT2D eigenvalue weighted by Gasteiger charge is 2.09. The fourth-order valence-electron chi connectivity index (χ4n) is 3.30. The Morgan fingerprint density at radius 1 is 0.679 bits per heavy atom. The molecule has 0 bridgehead atoms. The Hall–Kier alpha value is -1.74. The van der Waals surface area contributed by atoms with Gasteiger partial charge in [0.2, 0.25) is 0 Å². The molecule has 0 aliphatic heterocycles. The number of benzene rings is 2. The first-order chi connectivity index (χ1) is 13.8. The van der Waals surface area contributed by atoms with Crippen molar-refractivity contribution in [2.75, 3.05) is 12.4 Å². The summed E-state index contributed by atoms with van der Waals surface area (Å²) in [6.07, 6.45) is 12.9. The summed E-state index contributed by atoms with van der Waals surface area (Å²) in [5.74, 6) is 1.84. The zero-order chi connectivity index (χ0) is 19.9. The van der Waals surface area contributed by atoms with E-state index >= 15 is 0 Å². The molecule has 28 heavy (non-hydrogen) atoms. The number of hydrogen-bond donors (Lipinski definition) is 1. The number of carbonyl (C=O) groups excluding carboxylic acids is 1. The van der Waals surface area contributed by atoms with E-state index < -0.39 is 0 Å². The van der Waals surface area contributed by atoms with E-state index in [1.54, 1.807) is 0 Å². The van der Waals surface area contributed by atoms with Gasteiger partial charge in [-0.05, 0) is 30.7 Å². The summed E-state index contributed by atoms with van der Waals surface area (Å²) in [5, 5.41) is 0. The Labute approximate surface area is 176 Å². The van der Waals surface area contributed by atoms with Gasteiger partial charge in [0.25, 0.3) is 0 Å². The van der Waals surface area contributed by atoms with Gasteiger partial charge in [-0.3, -0.25) is 4.79 Å². The highest BCUT2D eigenvalue weighted by molar-refractivity contribution is 7.80. The van der Waals surface area contributed by atoms with Crippen molar-refractivity contribution in [2.24, 2.45) is 0 Å². The number of ether oxygens (including phenoxy) is 1. The van der Waals surface area contributed by atoms with Gasteiger partial charge < -0.3 is 4.74 Å². The van der Waals surface area contributed by atoms with Crippen LogP contribution < -0.4 is 4.74 Å². The van der Waals surface area contributed by atoms with Crippen LogP contribution in [-0.4, -0.2) is 18.1 Å². The van der Waals surface area contributed by atoms with Crippen molar-refractivity contribution in [2.45, 2.75) is 64.2 Å². The highest BCUT2D eigenvalue weighted by atomic mass is 32.1. The van der Waals surface area contributed by atoms with Gasteiger partial charge in [-0.25, -0.2) is 0 Å². The lowest BCUT2D eigenvalue weighted by atomic mass is 10.0. The molecule has 0 aliphatic carbocycles. The molecule has 0 aromatic heterocycles. The normalized spacial score (nSPS) is 10.8. The number of rotatable bonds is 15. The van der Waals surface area contributed by atoms with Crippen molar-refractivity contribution in [3.8, 4) is 5.75 Å². The molecule has 0 saturated heterocycles. The SMILES string of the molecule is O=C(c1ccccc1)c1cccc(OCCCCCCCCCCCCS)c1. The Morgan fingerprint density at radius 3 is 1.89 bits per heavy atom. The number of carbonyl (C=O) groups is 1. The molecular weight excluding hydrogens is 364 g/mol. The van der Waals surface area contributed by atoms with Crippen molar-refractivity contribution < 1.29 is 9.53 Å². The third-order valence-corrected chi connectivity index (χ3v) is 5.27. The lowest BCUT2D eigenvalue weighted by Crippen LogP contribution is -2.02. The van der Waals surface area contributed by atoms with E-state index in [0.717, 1.165) is 17.9 Å². The fourth-order valence-corrected chi connectivity index (χ4v) is 3.53. The van der Waals surface area contributed by atoms with Crippen LogP contribution in [0.5, 0.6) is 5.75 Å². The maximum atomic E-state index is 12.5. The fraction of sp³-hybridized carbons (Fsp3) is 0.480. The van der Waals surface area contributed by atoms with E-state index in [9.17, 15) is 4.79 Å². The van der Waals surface area contributed by atoms with Gasteiger partial charge in [0.15, 0.2) is 5.78 Å². The summed E-state index contributed by atoms with van der Waals surface area (Å²) in [6, 6.07) is 16.9. The lowest BCUT2D eigenvalue weighted by molar-refractivity contribution is 0.103. The Kier molecular flexibility index (Phi) is 11.5. The molecule has 0 atom stereocenters. The van der Waals surface area contributed by atoms with Crippen molar-refractivity contribution >= 4 is 18.4 Å². The summed E-state index contributed by atoms with van der Waals surface area (Å²) >= 11 is 4.25. The summed E-state index contributed by atoms with van der Waals surface area (Å²) in [4.78, 5) is 12.5. The van der Waals surface area contributed by atoms with Crippen LogP contribution in [0.25, 0.3) is 0 Å². The zero-order valence-corrected chi connectivity index (χ0v) is 17.8. The van der Waals surface area contributed by atoms with Crippen LogP contribution in [0.2, 0.25) is 0 Å². The second-order valence-electron chi connectivity index (χ2n) is 7.33. The topological polar surface area (TPSA) is 26.3 Å². The first kappa shape index (κ1) is 22.5. The van der Waals surface area contributed by atoms with Crippen LogP contribution >= 0.6 is 12.6 Å². The molecule has 0 fully saturated rings. The molecule has 152 valence electrons. The summed E-state index contributed by atoms with van der Waals surface area (Å²) < 4.78 is 5.86. The third-order valence-electron chi connectivity index (χ3n) is 4.95. The number of unbranched alkanes of at least 4 members (excludes halogenated alkanes) is 9. The molecule has 0 amide bonds. The van der Waals surface area contributed by atoms with Crippen molar-refractivity contribution in [1.82, 2.24) is 0 Å². The van der Waals surface area contributed by atoms with Crippen LogP contribution in [0.15, 0.2) is 54.6 Å². The molecular formula is C25H34O2S. The van der Waals surface area contributed by atoms with Crippen LogP contribution in [0.3, 0.4) is 0 Å². The molecule has 0 radical (unpaired) electrons. The third kappa shape index (κ3) is 8.97. The number of ketones is 1. The predicted octanol–water partition coefficient (Wildman–Crippen LogP) is 7.13. The van der Waals surface area contributed by atoms with E-state index in [0.29, 0.717) is 17.7 Å². The smallest absolute Gasteiger partial charge is 0.193 e. The van der Waals surface area contributed by atoms with Crippen molar-refractivity contribution in [3.63, 3.8) is 0 Å². The minimum absolute atomic E-state index is 0.0386. The maximum Gasteiger partial charge on any atom is 0.193 e. The molecule has 3 heteroatoms. The zero-order valence-electron chi connectivity index (χ0n) is 16.9. The van der Waals surface area contributed by atoms with Crippen LogP contribution in [-0.2, 0) is 0 Å². The number of thiol groups is 1. The lowest BCUT2D eigenvalue weighted by Gasteiger charge is -2.08. The average molecular weight is 399 g/mol. The molecule has 0 unspecified atom stereocenters.